The van der Waals surface area contributed by atoms with Crippen molar-refractivity contribution < 1.29 is 20.5 Å². The van der Waals surface area contributed by atoms with Crippen LogP contribution in [0.5, 0.6) is 0 Å². The lowest BCUT2D eigenvalue weighted by molar-refractivity contribution is -0.146. The van der Waals surface area contributed by atoms with Crippen molar-refractivity contribution in [1.82, 2.24) is 4.98 Å². The van der Waals surface area contributed by atoms with Crippen molar-refractivity contribution >= 4 is 16.9 Å². The van der Waals surface area contributed by atoms with Gasteiger partial charge in [0.15, 0.2) is 6.10 Å². The molecule has 0 aliphatic heterocycles. The molecule has 0 aliphatic carbocycles. The number of carbonyl (C=O) groups is 1. The Hall–Kier alpha value is -1.85. The molecule has 0 saturated carbocycles. The summed E-state index contributed by atoms with van der Waals surface area (Å²) in [6.07, 6.45) is 0.514. The topological polar surface area (TPSA) is 105 Å². The molecule has 1 aromatic carbocycles. The van der Waals surface area contributed by atoms with Crippen LogP contribution in [-0.4, -0.2) is 32.7 Å². The predicted molar refractivity (Wildman–Crippen MR) is 59.3 cm³/mol. The zero-order chi connectivity index (χ0) is 10.8. The van der Waals surface area contributed by atoms with E-state index in [4.69, 9.17) is 5.11 Å². The van der Waals surface area contributed by atoms with Crippen LogP contribution in [0.25, 0.3) is 10.9 Å². The highest BCUT2D eigenvalue weighted by Crippen LogP contribution is 2.18. The monoisotopic (exact) mass is 223 g/mol. The van der Waals surface area contributed by atoms with E-state index in [0.29, 0.717) is 0 Å². The van der Waals surface area contributed by atoms with Gasteiger partial charge in [-0.1, -0.05) is 18.2 Å². The molecule has 0 aliphatic rings. The number of fused-ring (bicyclic) bond motifs is 1. The average Bonchev–Trinajstić information content (AvgIpc) is 2.62. The summed E-state index contributed by atoms with van der Waals surface area (Å²) in [5.41, 5.74) is 1.77. The molecule has 86 valence electrons. The summed E-state index contributed by atoms with van der Waals surface area (Å²) >= 11 is 0. The number of aliphatic carboxylic acids is 1. The molecule has 0 radical (unpaired) electrons. The number of aromatic amines is 1. The number of aromatic nitrogens is 1. The summed E-state index contributed by atoms with van der Waals surface area (Å²) in [5, 5.41) is 18.8. The zero-order valence-corrected chi connectivity index (χ0v) is 8.47. The first-order valence-electron chi connectivity index (χ1n) is 4.64. The second-order valence-electron chi connectivity index (χ2n) is 3.42. The highest BCUT2D eigenvalue weighted by Gasteiger charge is 2.15. The Balaban J connectivity index is 0.00000128. The van der Waals surface area contributed by atoms with Crippen LogP contribution in [0.15, 0.2) is 30.5 Å². The number of carboxylic acids is 1. The quantitative estimate of drug-likeness (QED) is 0.698. The van der Waals surface area contributed by atoms with E-state index in [9.17, 15) is 9.90 Å². The van der Waals surface area contributed by atoms with Crippen molar-refractivity contribution in [3.8, 4) is 0 Å². The average molecular weight is 223 g/mol. The first kappa shape index (κ1) is 12.2. The summed E-state index contributed by atoms with van der Waals surface area (Å²) in [5.74, 6) is -1.19. The Labute approximate surface area is 91.6 Å². The van der Waals surface area contributed by atoms with Crippen LogP contribution in [-0.2, 0) is 11.2 Å². The van der Waals surface area contributed by atoms with Gasteiger partial charge in [-0.05, 0) is 11.6 Å². The lowest BCUT2D eigenvalue weighted by Crippen LogP contribution is -2.21. The van der Waals surface area contributed by atoms with Gasteiger partial charge in [-0.25, -0.2) is 4.79 Å². The number of hydrogen-bond acceptors (Lipinski definition) is 2. The number of rotatable bonds is 3. The molecule has 1 atom stereocenters. The van der Waals surface area contributed by atoms with Gasteiger partial charge in [0.1, 0.15) is 0 Å². The van der Waals surface area contributed by atoms with Gasteiger partial charge in [0, 0.05) is 23.5 Å². The van der Waals surface area contributed by atoms with Gasteiger partial charge >= 0.3 is 5.97 Å². The molecular weight excluding hydrogens is 210 g/mol. The highest BCUT2D eigenvalue weighted by atomic mass is 16.4. The van der Waals surface area contributed by atoms with E-state index in [2.05, 4.69) is 4.98 Å². The molecule has 2 aromatic rings. The number of hydrogen-bond donors (Lipinski definition) is 3. The van der Waals surface area contributed by atoms with Crippen molar-refractivity contribution in [3.63, 3.8) is 0 Å². The first-order chi connectivity index (χ1) is 7.18. The van der Waals surface area contributed by atoms with Gasteiger partial charge in [-0.2, -0.15) is 0 Å². The van der Waals surface area contributed by atoms with Gasteiger partial charge < -0.3 is 20.7 Å². The Kier molecular flexibility index (Phi) is 3.65. The maximum Gasteiger partial charge on any atom is 0.332 e. The molecule has 0 spiro atoms. The van der Waals surface area contributed by atoms with Crippen LogP contribution < -0.4 is 0 Å². The van der Waals surface area contributed by atoms with Crippen molar-refractivity contribution in [2.24, 2.45) is 0 Å². The van der Waals surface area contributed by atoms with Crippen molar-refractivity contribution in [1.29, 1.82) is 0 Å². The second kappa shape index (κ2) is 4.78. The Bertz CT molecular complexity index is 491. The van der Waals surface area contributed by atoms with Crippen LogP contribution in [0.1, 0.15) is 5.56 Å². The Morgan fingerprint density at radius 2 is 2.06 bits per heavy atom. The molecule has 0 saturated heterocycles. The maximum absolute atomic E-state index is 10.5. The molecule has 5 heteroatoms. The summed E-state index contributed by atoms with van der Waals surface area (Å²) in [6.45, 7) is 0. The van der Waals surface area contributed by atoms with Crippen LogP contribution >= 0.6 is 0 Å². The van der Waals surface area contributed by atoms with Gasteiger partial charge in [-0.15, -0.1) is 0 Å². The Morgan fingerprint density at radius 1 is 1.38 bits per heavy atom. The number of aliphatic hydroxyl groups is 1. The number of nitrogens with one attached hydrogen (secondary N) is 1. The van der Waals surface area contributed by atoms with Gasteiger partial charge in [0.05, 0.1) is 0 Å². The number of aliphatic hydroxyl groups excluding tert-OH is 1. The van der Waals surface area contributed by atoms with E-state index < -0.39 is 12.1 Å². The minimum Gasteiger partial charge on any atom is -0.479 e. The van der Waals surface area contributed by atoms with Crippen LogP contribution in [0, 0.1) is 0 Å². The van der Waals surface area contributed by atoms with Gasteiger partial charge in [0.2, 0.25) is 0 Å². The standard InChI is InChI=1S/C11H11NO3.H2O/c13-10(11(14)15)5-7-6-12-9-4-2-1-3-8(7)9;/h1-4,6,10,12-13H,5H2,(H,14,15);1H2. The lowest BCUT2D eigenvalue weighted by Gasteiger charge is -2.03. The van der Waals surface area contributed by atoms with Crippen LogP contribution in [0.3, 0.4) is 0 Å². The third kappa shape index (κ3) is 2.21. The van der Waals surface area contributed by atoms with E-state index >= 15 is 0 Å². The van der Waals surface area contributed by atoms with Crippen molar-refractivity contribution in [2.45, 2.75) is 12.5 Å². The van der Waals surface area contributed by atoms with Gasteiger partial charge in [0.25, 0.3) is 0 Å². The van der Waals surface area contributed by atoms with Crippen LogP contribution in [0.2, 0.25) is 0 Å². The third-order valence-corrected chi connectivity index (χ3v) is 2.37. The molecule has 16 heavy (non-hydrogen) atoms. The van der Waals surface area contributed by atoms with E-state index in [1.54, 1.807) is 6.20 Å². The fourth-order valence-electron chi connectivity index (χ4n) is 1.60. The minimum absolute atomic E-state index is 0. The molecular formula is C11H13NO4. The molecule has 5 nitrogen and oxygen atoms in total. The van der Waals surface area contributed by atoms with Crippen molar-refractivity contribution in [3.05, 3.63) is 36.0 Å². The summed E-state index contributed by atoms with van der Waals surface area (Å²) in [4.78, 5) is 13.5. The number of H-pyrrole nitrogens is 1. The predicted octanol–water partition coefficient (Wildman–Crippen LogP) is 0.331. The minimum atomic E-state index is -1.34. The van der Waals surface area contributed by atoms with Crippen LogP contribution in [0.4, 0.5) is 0 Å². The fraction of sp³-hybridized carbons (Fsp3) is 0.182. The highest BCUT2D eigenvalue weighted by molar-refractivity contribution is 5.84. The Morgan fingerprint density at radius 3 is 2.75 bits per heavy atom. The largest absolute Gasteiger partial charge is 0.479 e. The third-order valence-electron chi connectivity index (χ3n) is 2.37. The molecule has 1 heterocycles. The fourth-order valence-corrected chi connectivity index (χ4v) is 1.60. The summed E-state index contributed by atoms with van der Waals surface area (Å²) in [6, 6.07) is 7.59. The first-order valence-corrected chi connectivity index (χ1v) is 4.64. The van der Waals surface area contributed by atoms with Gasteiger partial charge in [-0.3, -0.25) is 0 Å². The number of benzene rings is 1. The molecule has 2 rings (SSSR count). The molecule has 1 unspecified atom stereocenters. The zero-order valence-electron chi connectivity index (χ0n) is 8.47. The number of carboxylic acid groups (broad SMARTS) is 1. The SMILES string of the molecule is O.O=C(O)C(O)Cc1c[nH]c2ccccc12. The van der Waals surface area contributed by atoms with Crippen molar-refractivity contribution in [2.75, 3.05) is 0 Å². The maximum atomic E-state index is 10.5. The number of para-hydroxylation sites is 1. The molecule has 5 N–H and O–H groups in total. The lowest BCUT2D eigenvalue weighted by atomic mass is 10.1. The summed E-state index contributed by atoms with van der Waals surface area (Å²) in [7, 11) is 0. The molecule has 1 aromatic heterocycles. The van der Waals surface area contributed by atoms with E-state index in [1.807, 2.05) is 24.3 Å². The smallest absolute Gasteiger partial charge is 0.332 e. The molecule has 0 amide bonds. The van der Waals surface area contributed by atoms with E-state index in [-0.39, 0.29) is 11.9 Å². The summed E-state index contributed by atoms with van der Waals surface area (Å²) < 4.78 is 0. The normalized spacial score (nSPS) is 12.1. The molecule has 0 bridgehead atoms. The van der Waals surface area contributed by atoms with E-state index in [0.717, 1.165) is 16.5 Å². The van der Waals surface area contributed by atoms with E-state index in [1.165, 1.54) is 0 Å². The molecule has 0 fully saturated rings. The second-order valence-corrected chi connectivity index (χ2v) is 3.42.